The Morgan fingerprint density at radius 3 is 2.29 bits per heavy atom. The lowest BCUT2D eigenvalue weighted by atomic mass is 9.55. The van der Waals surface area contributed by atoms with Crippen molar-refractivity contribution < 1.29 is 18.4 Å². The first-order chi connectivity index (χ1) is 20.3. The molecule has 42 heavy (non-hydrogen) atoms. The van der Waals surface area contributed by atoms with Crippen molar-refractivity contribution in [3.8, 4) is 0 Å². The van der Waals surface area contributed by atoms with Crippen molar-refractivity contribution in [2.24, 2.45) is 5.41 Å². The lowest BCUT2D eigenvalue weighted by molar-refractivity contribution is -0.141. The fourth-order valence-corrected chi connectivity index (χ4v) is 7.56. The van der Waals surface area contributed by atoms with Gasteiger partial charge in [-0.3, -0.25) is 14.9 Å². The van der Waals surface area contributed by atoms with Gasteiger partial charge in [0.15, 0.2) is 5.78 Å². The van der Waals surface area contributed by atoms with Crippen molar-refractivity contribution in [3.63, 3.8) is 0 Å². The number of amides is 1. The number of likely N-dealkylation sites (N-methyl/N-ethyl adjacent to an activating group) is 1. The summed E-state index contributed by atoms with van der Waals surface area (Å²) in [7, 11) is 1.92. The summed E-state index contributed by atoms with van der Waals surface area (Å²) < 4.78 is 29.1. The fraction of sp³-hybridized carbons (Fsp3) is 0.200. The van der Waals surface area contributed by atoms with Gasteiger partial charge in [0.25, 0.3) is 5.91 Å². The number of piperidine rings is 1. The number of hydrogen-bond donors (Lipinski definition) is 2. The number of carbonyl (C=O) groups is 2. The van der Waals surface area contributed by atoms with Crippen LogP contribution in [0.1, 0.15) is 34.2 Å². The normalized spacial score (nSPS) is 28.0. The highest BCUT2D eigenvalue weighted by Gasteiger charge is 2.74. The number of para-hydroxylation sites is 1. The predicted molar refractivity (Wildman–Crippen MR) is 158 cm³/mol. The standard InChI is InChI=1S/C35H29F2N3O2/c1-40-20-25(17-22-9-7-13-26(36)18-22)32(41)34(21-40)30(24-12-8-14-27(37)19-24)31(23-10-3-2-4-11-23)39-35(34)28-15-5-6-16-29(28)38-33(35)42/h2-19,30-31,39H,20-21H2,1H3,(H,38,42)/b25-17+/t30-,31-,34-,35-/m0/s1. The molecule has 0 unspecified atom stereocenters. The summed E-state index contributed by atoms with van der Waals surface area (Å²) in [5.74, 6) is -1.98. The first-order valence-electron chi connectivity index (χ1n) is 14.0. The molecule has 7 rings (SSSR count). The van der Waals surface area contributed by atoms with Crippen LogP contribution in [0.15, 0.2) is 109 Å². The van der Waals surface area contributed by atoms with E-state index in [1.54, 1.807) is 24.3 Å². The monoisotopic (exact) mass is 561 g/mol. The summed E-state index contributed by atoms with van der Waals surface area (Å²) in [6.45, 7) is 0.563. The number of carbonyl (C=O) groups excluding carboxylic acids is 2. The van der Waals surface area contributed by atoms with Gasteiger partial charge in [0.05, 0.1) is 5.41 Å². The van der Waals surface area contributed by atoms with Crippen molar-refractivity contribution in [2.75, 3.05) is 25.5 Å². The molecule has 4 aromatic rings. The second kappa shape index (κ2) is 9.82. The molecule has 3 aliphatic rings. The Hall–Kier alpha value is -4.46. The van der Waals surface area contributed by atoms with Gasteiger partial charge in [-0.2, -0.15) is 0 Å². The van der Waals surface area contributed by atoms with E-state index < -0.39 is 34.5 Å². The van der Waals surface area contributed by atoms with E-state index in [0.29, 0.717) is 34.5 Å². The number of anilines is 1. The zero-order valence-corrected chi connectivity index (χ0v) is 23.0. The van der Waals surface area contributed by atoms with Gasteiger partial charge in [-0.25, -0.2) is 8.78 Å². The van der Waals surface area contributed by atoms with Crippen molar-refractivity contribution in [2.45, 2.75) is 17.5 Å². The van der Waals surface area contributed by atoms with Gasteiger partial charge in [0.1, 0.15) is 17.2 Å². The Bertz CT molecular complexity index is 1760. The molecule has 3 aliphatic heterocycles. The highest BCUT2D eigenvalue weighted by atomic mass is 19.1. The third-order valence-corrected chi connectivity index (χ3v) is 9.04. The van der Waals surface area contributed by atoms with Gasteiger partial charge in [0, 0.05) is 41.9 Å². The Kier molecular flexibility index (Phi) is 6.18. The molecule has 2 N–H and O–H groups in total. The number of nitrogens with zero attached hydrogens (tertiary/aromatic N) is 1. The molecule has 2 saturated heterocycles. The maximum atomic E-state index is 15.2. The van der Waals surface area contributed by atoms with Crippen LogP contribution in [0.25, 0.3) is 6.08 Å². The van der Waals surface area contributed by atoms with Crippen LogP contribution in [-0.4, -0.2) is 36.7 Å². The number of nitrogens with one attached hydrogen (secondary N) is 2. The summed E-state index contributed by atoms with van der Waals surface area (Å²) in [5, 5.41) is 6.74. The zero-order chi connectivity index (χ0) is 29.1. The number of Topliss-reactive ketones (excluding diaryl/α,β-unsaturated/α-hetero) is 1. The van der Waals surface area contributed by atoms with Gasteiger partial charge in [-0.15, -0.1) is 0 Å². The molecule has 0 aromatic heterocycles. The minimum atomic E-state index is -1.46. The molecule has 0 radical (unpaired) electrons. The maximum absolute atomic E-state index is 15.2. The summed E-state index contributed by atoms with van der Waals surface area (Å²) in [4.78, 5) is 31.7. The third kappa shape index (κ3) is 3.81. The molecule has 5 nitrogen and oxygen atoms in total. The molecule has 4 atom stereocenters. The van der Waals surface area contributed by atoms with Crippen LogP contribution in [0.5, 0.6) is 0 Å². The molecule has 4 aromatic carbocycles. The first-order valence-corrected chi connectivity index (χ1v) is 14.0. The van der Waals surface area contributed by atoms with Crippen molar-refractivity contribution >= 4 is 23.5 Å². The second-order valence-corrected chi connectivity index (χ2v) is 11.5. The van der Waals surface area contributed by atoms with Crippen molar-refractivity contribution in [1.29, 1.82) is 0 Å². The SMILES string of the molecule is CN1C/C(=C\c2cccc(F)c2)C(=O)[C@]2(C1)[C@@H](c1cccc(F)c1)[C@H](c1ccccc1)N[C@@]21C(=O)Nc2ccccc21. The summed E-state index contributed by atoms with van der Waals surface area (Å²) in [6.07, 6.45) is 1.72. The Morgan fingerprint density at radius 1 is 0.833 bits per heavy atom. The molecular formula is C35H29F2N3O2. The van der Waals surface area contributed by atoms with E-state index >= 15 is 4.79 Å². The van der Waals surface area contributed by atoms with Gasteiger partial charge in [-0.05, 0) is 60.1 Å². The quantitative estimate of drug-likeness (QED) is 0.309. The predicted octanol–water partition coefficient (Wildman–Crippen LogP) is 5.83. The van der Waals surface area contributed by atoms with Gasteiger partial charge < -0.3 is 10.2 Å². The second-order valence-electron chi connectivity index (χ2n) is 11.5. The number of ketones is 1. The van der Waals surface area contributed by atoms with E-state index in [4.69, 9.17) is 0 Å². The minimum absolute atomic E-state index is 0.211. The fourth-order valence-electron chi connectivity index (χ4n) is 7.56. The van der Waals surface area contributed by atoms with Crippen LogP contribution in [0, 0.1) is 17.0 Å². The largest absolute Gasteiger partial charge is 0.324 e. The van der Waals surface area contributed by atoms with E-state index in [2.05, 4.69) is 10.6 Å². The van der Waals surface area contributed by atoms with Crippen LogP contribution in [0.4, 0.5) is 14.5 Å². The van der Waals surface area contributed by atoms with Crippen molar-refractivity contribution in [1.82, 2.24) is 10.2 Å². The molecule has 0 saturated carbocycles. The number of fused-ring (bicyclic) bond motifs is 3. The average molecular weight is 562 g/mol. The molecular weight excluding hydrogens is 532 g/mol. The van der Waals surface area contributed by atoms with E-state index in [1.165, 1.54) is 24.3 Å². The molecule has 2 spiro atoms. The van der Waals surface area contributed by atoms with Crippen molar-refractivity contribution in [3.05, 3.63) is 143 Å². The Labute approximate surface area is 242 Å². The molecule has 0 aliphatic carbocycles. The molecule has 0 bridgehead atoms. The molecule has 7 heteroatoms. The van der Waals surface area contributed by atoms with Crippen LogP contribution in [0.3, 0.4) is 0 Å². The van der Waals surface area contributed by atoms with Crippen LogP contribution in [-0.2, 0) is 15.1 Å². The molecule has 1 amide bonds. The van der Waals surface area contributed by atoms with Crippen LogP contribution in [0.2, 0.25) is 0 Å². The van der Waals surface area contributed by atoms with Gasteiger partial charge in [0.2, 0.25) is 0 Å². The number of likely N-dealkylation sites (tertiary alicyclic amines) is 1. The summed E-state index contributed by atoms with van der Waals surface area (Å²) in [5.41, 5.74) is 1.00. The molecule has 210 valence electrons. The van der Waals surface area contributed by atoms with Crippen LogP contribution >= 0.6 is 0 Å². The van der Waals surface area contributed by atoms with Crippen LogP contribution < -0.4 is 10.6 Å². The lowest BCUT2D eigenvalue weighted by Crippen LogP contribution is -2.65. The molecule has 3 heterocycles. The molecule has 2 fully saturated rings. The number of rotatable bonds is 3. The number of benzene rings is 4. The van der Waals surface area contributed by atoms with E-state index in [0.717, 1.165) is 5.56 Å². The minimum Gasteiger partial charge on any atom is -0.324 e. The number of hydrogen-bond acceptors (Lipinski definition) is 4. The topological polar surface area (TPSA) is 61.4 Å². The smallest absolute Gasteiger partial charge is 0.250 e. The lowest BCUT2D eigenvalue weighted by Gasteiger charge is -2.49. The Morgan fingerprint density at radius 2 is 1.52 bits per heavy atom. The van der Waals surface area contributed by atoms with E-state index in [1.807, 2.05) is 72.6 Å². The van der Waals surface area contributed by atoms with Gasteiger partial charge >= 0.3 is 0 Å². The van der Waals surface area contributed by atoms with E-state index in [-0.39, 0.29) is 18.2 Å². The maximum Gasteiger partial charge on any atom is 0.250 e. The Balaban J connectivity index is 1.55. The number of halogens is 2. The zero-order valence-electron chi connectivity index (χ0n) is 23.0. The van der Waals surface area contributed by atoms with E-state index in [9.17, 15) is 13.6 Å². The average Bonchev–Trinajstić information content (AvgIpc) is 3.44. The van der Waals surface area contributed by atoms with Gasteiger partial charge in [-0.1, -0.05) is 72.8 Å². The first kappa shape index (κ1) is 26.4. The highest BCUT2D eigenvalue weighted by Crippen LogP contribution is 2.65. The summed E-state index contributed by atoms with van der Waals surface area (Å²) in [6, 6.07) is 29.1. The third-order valence-electron chi connectivity index (χ3n) is 9.04. The summed E-state index contributed by atoms with van der Waals surface area (Å²) >= 11 is 0. The highest BCUT2D eigenvalue weighted by molar-refractivity contribution is 6.16.